The molecule has 2 amide bonds. The van der Waals surface area contributed by atoms with E-state index >= 15 is 0 Å². The lowest BCUT2D eigenvalue weighted by Gasteiger charge is -2.54. The molecule has 0 bridgehead atoms. The molecule has 52 heavy (non-hydrogen) atoms. The molecule has 284 valence electrons. The molecule has 1 aromatic heterocycles. The number of halogens is 1. The zero-order valence-corrected chi connectivity index (χ0v) is 31.6. The van der Waals surface area contributed by atoms with Crippen LogP contribution in [0.15, 0.2) is 37.2 Å². The molecule has 6 rings (SSSR count). The predicted octanol–water partition coefficient (Wildman–Crippen LogP) is 3.25. The summed E-state index contributed by atoms with van der Waals surface area (Å²) in [5, 5.41) is 8.16. The first-order chi connectivity index (χ1) is 24.8. The summed E-state index contributed by atoms with van der Waals surface area (Å²) in [4.78, 5) is 38.0. The standard InChI is InChI=1S/C36H52FN9O5S/c1-6-32(47)42-13-7-14-44(19-18-42)52(49,50)45-15-10-28(22-45)21-41-16-11-36(12-17-41)23-43(24-36)33-34(40-39-25-38-33)51-31-9-8-29(37)20-30(31)35(48)46(26(2)3)27(4)5/h6,8-9,20,25-28H,1,7,10-19,21-24H2,2-5H3/t28-/m1/s1. The largest absolute Gasteiger partial charge is 0.434 e. The number of hydrogen-bond acceptors (Lipinski definition) is 10. The molecular formula is C36H52FN9O5S. The Balaban J connectivity index is 1.02. The van der Waals surface area contributed by atoms with Crippen LogP contribution in [0.4, 0.5) is 10.2 Å². The van der Waals surface area contributed by atoms with Crippen LogP contribution in [0.3, 0.4) is 0 Å². The summed E-state index contributed by atoms with van der Waals surface area (Å²) in [6.07, 6.45) is 6.13. The zero-order valence-electron chi connectivity index (χ0n) is 30.8. The maximum atomic E-state index is 14.4. The van der Waals surface area contributed by atoms with Crippen LogP contribution < -0.4 is 9.64 Å². The number of carbonyl (C=O) groups excluding carboxylic acids is 2. The number of likely N-dealkylation sites (tertiary alicyclic amines) is 1. The molecule has 4 saturated heterocycles. The predicted molar refractivity (Wildman–Crippen MR) is 195 cm³/mol. The van der Waals surface area contributed by atoms with Crippen molar-refractivity contribution in [1.82, 2.24) is 38.5 Å². The van der Waals surface area contributed by atoms with Crippen LogP contribution >= 0.6 is 0 Å². The first-order valence-electron chi connectivity index (χ1n) is 18.4. The fourth-order valence-electron chi connectivity index (χ4n) is 8.21. The summed E-state index contributed by atoms with van der Waals surface area (Å²) >= 11 is 0. The van der Waals surface area contributed by atoms with E-state index in [2.05, 4.69) is 31.6 Å². The molecular weight excluding hydrogens is 690 g/mol. The molecule has 4 fully saturated rings. The second kappa shape index (κ2) is 15.7. The number of nitrogens with zero attached hydrogens (tertiary/aromatic N) is 9. The van der Waals surface area contributed by atoms with E-state index in [4.69, 9.17) is 4.74 Å². The van der Waals surface area contributed by atoms with Gasteiger partial charge in [0.15, 0.2) is 5.82 Å². The van der Waals surface area contributed by atoms with E-state index < -0.39 is 16.0 Å². The molecule has 1 spiro atoms. The van der Waals surface area contributed by atoms with Gasteiger partial charge in [-0.25, -0.2) is 9.37 Å². The van der Waals surface area contributed by atoms with Crippen LogP contribution in [0.2, 0.25) is 0 Å². The highest BCUT2D eigenvalue weighted by molar-refractivity contribution is 7.86. The van der Waals surface area contributed by atoms with E-state index in [1.807, 2.05) is 27.7 Å². The molecule has 0 saturated carbocycles. The van der Waals surface area contributed by atoms with Gasteiger partial charge in [-0.15, -0.1) is 10.2 Å². The van der Waals surface area contributed by atoms with Gasteiger partial charge in [0.05, 0.1) is 5.56 Å². The van der Waals surface area contributed by atoms with Crippen molar-refractivity contribution in [2.75, 3.05) is 76.9 Å². The monoisotopic (exact) mass is 741 g/mol. The number of hydrogen-bond donors (Lipinski definition) is 0. The molecule has 0 aliphatic carbocycles. The van der Waals surface area contributed by atoms with Crippen LogP contribution in [0.25, 0.3) is 0 Å². The number of rotatable bonds is 11. The highest BCUT2D eigenvalue weighted by atomic mass is 32.2. The van der Waals surface area contributed by atoms with E-state index in [1.54, 1.807) is 14.1 Å². The smallest absolute Gasteiger partial charge is 0.282 e. The summed E-state index contributed by atoms with van der Waals surface area (Å²) < 4.78 is 50.8. The Morgan fingerprint density at radius 3 is 2.46 bits per heavy atom. The average molecular weight is 742 g/mol. The molecule has 2 aromatic rings. The minimum atomic E-state index is -3.59. The van der Waals surface area contributed by atoms with Crippen LogP contribution in [0.5, 0.6) is 11.6 Å². The van der Waals surface area contributed by atoms with E-state index in [0.717, 1.165) is 52.0 Å². The van der Waals surface area contributed by atoms with Gasteiger partial charge in [0, 0.05) is 76.4 Å². The lowest BCUT2D eigenvalue weighted by atomic mass is 9.72. The molecule has 4 aliphatic rings. The quantitative estimate of drug-likeness (QED) is 0.316. The number of anilines is 1. The molecule has 0 unspecified atom stereocenters. The molecule has 16 heteroatoms. The van der Waals surface area contributed by atoms with Crippen LogP contribution in [-0.2, 0) is 15.0 Å². The van der Waals surface area contributed by atoms with Gasteiger partial charge in [-0.1, -0.05) is 6.58 Å². The van der Waals surface area contributed by atoms with Crippen molar-refractivity contribution >= 4 is 27.8 Å². The lowest BCUT2D eigenvalue weighted by Crippen LogP contribution is -2.61. The highest BCUT2D eigenvalue weighted by Gasteiger charge is 2.47. The van der Waals surface area contributed by atoms with E-state index in [0.29, 0.717) is 51.5 Å². The normalized spacial score (nSPS) is 21.7. The summed E-state index contributed by atoms with van der Waals surface area (Å²) in [6.45, 7) is 18.2. The molecule has 4 aliphatic heterocycles. The average Bonchev–Trinajstić information content (AvgIpc) is 3.43. The van der Waals surface area contributed by atoms with Gasteiger partial charge in [-0.05, 0) is 96.7 Å². The minimum absolute atomic E-state index is 0.0936. The molecule has 14 nitrogen and oxygen atoms in total. The fraction of sp³-hybridized carbons (Fsp3) is 0.639. The van der Waals surface area contributed by atoms with E-state index in [9.17, 15) is 22.4 Å². The Bertz CT molecular complexity index is 1720. The zero-order chi connectivity index (χ0) is 37.2. The van der Waals surface area contributed by atoms with Gasteiger partial charge in [0.1, 0.15) is 17.9 Å². The number of carbonyl (C=O) groups is 2. The summed E-state index contributed by atoms with van der Waals surface area (Å²) in [6, 6.07) is 3.72. The van der Waals surface area contributed by atoms with Gasteiger partial charge in [-0.3, -0.25) is 9.59 Å². The first kappa shape index (κ1) is 38.0. The van der Waals surface area contributed by atoms with Gasteiger partial charge < -0.3 is 24.3 Å². The maximum absolute atomic E-state index is 14.4. The molecule has 5 heterocycles. The molecule has 1 aromatic carbocycles. The number of piperidine rings is 1. The Kier molecular flexibility index (Phi) is 11.5. The number of ether oxygens (including phenoxy) is 1. The Labute approximate surface area is 306 Å². The van der Waals surface area contributed by atoms with Crippen molar-refractivity contribution in [3.05, 3.63) is 48.6 Å². The Hall–Kier alpha value is -3.73. The third-order valence-electron chi connectivity index (χ3n) is 10.9. The SMILES string of the molecule is C=CC(=O)N1CCCN(S(=O)(=O)N2CC[C@H](CN3CCC4(CC3)CN(c3ncnnc3Oc3ccc(F)cc3C(=O)N(C(C)C)C(C)C)C4)C2)CC1. The summed E-state index contributed by atoms with van der Waals surface area (Å²) in [5.41, 5.74) is 0.244. The van der Waals surface area contributed by atoms with Gasteiger partial charge in [0.25, 0.3) is 22.0 Å². The lowest BCUT2D eigenvalue weighted by molar-refractivity contribution is -0.125. The van der Waals surface area contributed by atoms with Crippen molar-refractivity contribution in [3.63, 3.8) is 0 Å². The van der Waals surface area contributed by atoms with E-state index in [1.165, 1.54) is 34.9 Å². The molecule has 0 radical (unpaired) electrons. The topological polar surface area (TPSA) is 136 Å². The van der Waals surface area contributed by atoms with Crippen molar-refractivity contribution < 1.29 is 27.1 Å². The van der Waals surface area contributed by atoms with Crippen LogP contribution in [-0.4, -0.2) is 143 Å². The van der Waals surface area contributed by atoms with Crippen LogP contribution in [0, 0.1) is 17.2 Å². The van der Waals surface area contributed by atoms with Crippen molar-refractivity contribution in [3.8, 4) is 11.6 Å². The Morgan fingerprint density at radius 1 is 1.04 bits per heavy atom. The Morgan fingerprint density at radius 2 is 1.77 bits per heavy atom. The third-order valence-corrected chi connectivity index (χ3v) is 12.9. The minimum Gasteiger partial charge on any atom is -0.434 e. The summed E-state index contributed by atoms with van der Waals surface area (Å²) in [5.74, 6) is 0.152. The number of benzene rings is 1. The van der Waals surface area contributed by atoms with Crippen molar-refractivity contribution in [2.45, 2.75) is 65.5 Å². The van der Waals surface area contributed by atoms with Gasteiger partial charge in [-0.2, -0.15) is 17.0 Å². The molecule has 1 atom stereocenters. The third kappa shape index (κ3) is 8.09. The van der Waals surface area contributed by atoms with Crippen molar-refractivity contribution in [1.29, 1.82) is 0 Å². The van der Waals surface area contributed by atoms with Crippen molar-refractivity contribution in [2.24, 2.45) is 11.3 Å². The van der Waals surface area contributed by atoms with Crippen LogP contribution in [0.1, 0.15) is 63.7 Å². The number of amides is 2. The first-order valence-corrected chi connectivity index (χ1v) is 19.8. The maximum Gasteiger partial charge on any atom is 0.282 e. The highest BCUT2D eigenvalue weighted by Crippen LogP contribution is 2.44. The second-order valence-corrected chi connectivity index (χ2v) is 17.1. The molecule has 0 N–H and O–H groups in total. The fourth-order valence-corrected chi connectivity index (χ4v) is 9.94. The number of aromatic nitrogens is 3. The van der Waals surface area contributed by atoms with Gasteiger partial charge in [0.2, 0.25) is 5.91 Å². The second-order valence-electron chi connectivity index (χ2n) is 15.2. The van der Waals surface area contributed by atoms with Gasteiger partial charge >= 0.3 is 0 Å². The summed E-state index contributed by atoms with van der Waals surface area (Å²) in [7, 11) is -3.59. The van der Waals surface area contributed by atoms with E-state index in [-0.39, 0.29) is 52.4 Å².